The Bertz CT molecular complexity index is 1150. The van der Waals surface area contributed by atoms with Crippen molar-refractivity contribution in [1.29, 1.82) is 0 Å². The number of aromatic nitrogens is 2. The molecule has 0 bridgehead atoms. The van der Waals surface area contributed by atoms with Gasteiger partial charge in [-0.2, -0.15) is 5.10 Å². The monoisotopic (exact) mass is 456 g/mol. The van der Waals surface area contributed by atoms with Crippen molar-refractivity contribution in [2.24, 2.45) is 0 Å². The quantitative estimate of drug-likeness (QED) is 0.343. The predicted molar refractivity (Wildman–Crippen MR) is 137 cm³/mol. The van der Waals surface area contributed by atoms with E-state index >= 15 is 0 Å². The number of halogens is 1. The number of rotatable bonds is 7. The zero-order chi connectivity index (χ0) is 22.5. The highest BCUT2D eigenvalue weighted by atomic mass is 35.5. The van der Waals surface area contributed by atoms with Crippen molar-refractivity contribution in [1.82, 2.24) is 14.7 Å². The van der Waals surface area contributed by atoms with E-state index in [0.29, 0.717) is 0 Å². The minimum absolute atomic E-state index is 0.747. The lowest BCUT2D eigenvalue weighted by Crippen LogP contribution is -2.46. The largest absolute Gasteiger partial charge is 0.369 e. The van der Waals surface area contributed by atoms with Crippen molar-refractivity contribution in [3.8, 4) is 16.9 Å². The highest BCUT2D eigenvalue weighted by molar-refractivity contribution is 6.30. The second-order valence-electron chi connectivity index (χ2n) is 8.54. The number of nitrogens with zero attached hydrogens (tertiary/aromatic N) is 4. The van der Waals surface area contributed by atoms with Crippen LogP contribution in [0.2, 0.25) is 5.02 Å². The molecular formula is C28H29ClN4. The van der Waals surface area contributed by atoms with Gasteiger partial charge in [-0.3, -0.25) is 4.90 Å². The molecule has 1 aromatic heterocycles. The summed E-state index contributed by atoms with van der Waals surface area (Å²) in [7, 11) is 0. The lowest BCUT2D eigenvalue weighted by molar-refractivity contribution is 0.255. The molecule has 0 unspecified atom stereocenters. The number of anilines is 1. The molecule has 1 fully saturated rings. The molecule has 0 N–H and O–H groups in total. The third kappa shape index (κ3) is 5.29. The molecule has 0 amide bonds. The fourth-order valence-electron chi connectivity index (χ4n) is 4.50. The molecule has 33 heavy (non-hydrogen) atoms. The number of benzene rings is 3. The highest BCUT2D eigenvalue weighted by Crippen LogP contribution is 2.26. The van der Waals surface area contributed by atoms with Crippen LogP contribution in [0.5, 0.6) is 0 Å². The number of hydrogen-bond acceptors (Lipinski definition) is 3. The van der Waals surface area contributed by atoms with Crippen molar-refractivity contribution in [2.75, 3.05) is 37.6 Å². The maximum atomic E-state index is 6.12. The summed E-state index contributed by atoms with van der Waals surface area (Å²) in [6, 6.07) is 31.3. The molecule has 0 radical (unpaired) electrons. The Labute approximate surface area is 201 Å². The molecule has 5 heteroatoms. The molecule has 1 saturated heterocycles. The van der Waals surface area contributed by atoms with Crippen LogP contribution in [0.15, 0.2) is 91.0 Å². The fourth-order valence-corrected chi connectivity index (χ4v) is 4.62. The number of piperazine rings is 1. The van der Waals surface area contributed by atoms with E-state index in [0.717, 1.165) is 73.2 Å². The number of para-hydroxylation sites is 2. The molecule has 0 spiro atoms. The lowest BCUT2D eigenvalue weighted by atomic mass is 10.1. The summed E-state index contributed by atoms with van der Waals surface area (Å²) in [5.74, 6) is 0. The van der Waals surface area contributed by atoms with Crippen molar-refractivity contribution >= 4 is 17.3 Å². The lowest BCUT2D eigenvalue weighted by Gasteiger charge is -2.36. The van der Waals surface area contributed by atoms with Gasteiger partial charge in [-0.1, -0.05) is 60.1 Å². The molecule has 168 valence electrons. The average molecular weight is 457 g/mol. The zero-order valence-corrected chi connectivity index (χ0v) is 19.5. The van der Waals surface area contributed by atoms with E-state index in [2.05, 4.69) is 87.3 Å². The van der Waals surface area contributed by atoms with Gasteiger partial charge in [0.25, 0.3) is 0 Å². The number of aryl methyl sites for hydroxylation is 1. The third-order valence-electron chi connectivity index (χ3n) is 6.30. The van der Waals surface area contributed by atoms with Gasteiger partial charge >= 0.3 is 0 Å². The van der Waals surface area contributed by atoms with Crippen LogP contribution in [-0.2, 0) is 6.42 Å². The van der Waals surface area contributed by atoms with Crippen LogP contribution in [0.4, 0.5) is 5.69 Å². The van der Waals surface area contributed by atoms with Crippen LogP contribution in [0.25, 0.3) is 16.9 Å². The van der Waals surface area contributed by atoms with Gasteiger partial charge in [-0.15, -0.1) is 0 Å². The van der Waals surface area contributed by atoms with Crippen molar-refractivity contribution in [3.05, 3.63) is 102 Å². The molecule has 0 aliphatic carbocycles. The maximum absolute atomic E-state index is 6.12. The Balaban J connectivity index is 1.23. The van der Waals surface area contributed by atoms with E-state index in [9.17, 15) is 0 Å². The number of hydrogen-bond donors (Lipinski definition) is 0. The van der Waals surface area contributed by atoms with Gasteiger partial charge in [0.15, 0.2) is 0 Å². The maximum Gasteiger partial charge on any atom is 0.0743 e. The Hall–Kier alpha value is -3.08. The minimum atomic E-state index is 0.747. The molecular weight excluding hydrogens is 428 g/mol. The second-order valence-corrected chi connectivity index (χ2v) is 8.98. The molecule has 5 rings (SSSR count). The van der Waals surface area contributed by atoms with Crippen LogP contribution < -0.4 is 4.90 Å². The molecule has 4 nitrogen and oxygen atoms in total. The molecule has 0 atom stereocenters. The van der Waals surface area contributed by atoms with Gasteiger partial charge in [0.2, 0.25) is 0 Å². The Morgan fingerprint density at radius 1 is 0.727 bits per heavy atom. The molecule has 1 aliphatic rings. The predicted octanol–water partition coefficient (Wildman–Crippen LogP) is 5.95. The van der Waals surface area contributed by atoms with E-state index in [1.54, 1.807) is 0 Å². The molecule has 3 aromatic carbocycles. The Morgan fingerprint density at radius 3 is 2.03 bits per heavy atom. The van der Waals surface area contributed by atoms with Crippen molar-refractivity contribution in [2.45, 2.75) is 12.8 Å². The Kier molecular flexibility index (Phi) is 6.75. The smallest absolute Gasteiger partial charge is 0.0743 e. The van der Waals surface area contributed by atoms with E-state index in [1.807, 2.05) is 18.2 Å². The van der Waals surface area contributed by atoms with Crippen LogP contribution in [0.3, 0.4) is 0 Å². The standard InChI is InChI=1S/C28H29ClN4/c29-24-15-13-23(14-16-24)28-22-25(30-33(28)27-11-5-2-6-12-27)8-7-17-31-18-20-32(21-19-31)26-9-3-1-4-10-26/h1-6,9-16,22H,7-8,17-21H2. The summed E-state index contributed by atoms with van der Waals surface area (Å²) in [6.07, 6.45) is 2.08. The van der Waals surface area contributed by atoms with Gasteiger partial charge in [0.1, 0.15) is 0 Å². The topological polar surface area (TPSA) is 24.3 Å². The van der Waals surface area contributed by atoms with Gasteiger partial charge in [-0.05, 0) is 61.9 Å². The fraction of sp³-hybridized carbons (Fsp3) is 0.250. The first-order valence-corrected chi connectivity index (χ1v) is 12.1. The second kappa shape index (κ2) is 10.2. The first kappa shape index (κ1) is 21.7. The van der Waals surface area contributed by atoms with Gasteiger partial charge < -0.3 is 4.90 Å². The van der Waals surface area contributed by atoms with Gasteiger partial charge in [0, 0.05) is 42.5 Å². The summed E-state index contributed by atoms with van der Waals surface area (Å²) >= 11 is 6.12. The third-order valence-corrected chi connectivity index (χ3v) is 6.55. The van der Waals surface area contributed by atoms with Crippen LogP contribution in [0.1, 0.15) is 12.1 Å². The SMILES string of the molecule is Clc1ccc(-c2cc(CCCN3CCN(c4ccccc4)CC3)nn2-c2ccccc2)cc1. The van der Waals surface area contributed by atoms with Crippen molar-refractivity contribution < 1.29 is 0 Å². The van der Waals surface area contributed by atoms with Crippen LogP contribution in [-0.4, -0.2) is 47.4 Å². The molecule has 0 saturated carbocycles. The average Bonchev–Trinajstić information content (AvgIpc) is 3.30. The van der Waals surface area contributed by atoms with E-state index in [-0.39, 0.29) is 0 Å². The van der Waals surface area contributed by atoms with E-state index < -0.39 is 0 Å². The van der Waals surface area contributed by atoms with E-state index in [1.165, 1.54) is 5.69 Å². The summed E-state index contributed by atoms with van der Waals surface area (Å²) in [4.78, 5) is 5.06. The summed E-state index contributed by atoms with van der Waals surface area (Å²) < 4.78 is 2.05. The molecule has 2 heterocycles. The highest BCUT2D eigenvalue weighted by Gasteiger charge is 2.17. The molecule has 1 aliphatic heterocycles. The van der Waals surface area contributed by atoms with E-state index in [4.69, 9.17) is 16.7 Å². The first-order valence-electron chi connectivity index (χ1n) is 11.7. The van der Waals surface area contributed by atoms with Crippen LogP contribution in [0, 0.1) is 0 Å². The first-order chi connectivity index (χ1) is 16.3. The summed E-state index contributed by atoms with van der Waals surface area (Å²) in [5, 5.41) is 5.72. The summed E-state index contributed by atoms with van der Waals surface area (Å²) in [5.41, 5.74) is 5.76. The summed E-state index contributed by atoms with van der Waals surface area (Å²) in [6.45, 7) is 5.52. The van der Waals surface area contributed by atoms with Crippen molar-refractivity contribution in [3.63, 3.8) is 0 Å². The normalized spacial score (nSPS) is 14.5. The van der Waals surface area contributed by atoms with Crippen LogP contribution >= 0.6 is 11.6 Å². The van der Waals surface area contributed by atoms with Gasteiger partial charge in [0.05, 0.1) is 17.1 Å². The Morgan fingerprint density at radius 2 is 1.36 bits per heavy atom. The minimum Gasteiger partial charge on any atom is -0.369 e. The molecule has 4 aromatic rings. The zero-order valence-electron chi connectivity index (χ0n) is 18.8. The van der Waals surface area contributed by atoms with Gasteiger partial charge in [-0.25, -0.2) is 4.68 Å².